The van der Waals surface area contributed by atoms with Crippen LogP contribution in [0.25, 0.3) is 11.1 Å². The lowest BCUT2D eigenvalue weighted by Gasteiger charge is -2.32. The molecule has 1 aliphatic rings. The van der Waals surface area contributed by atoms with Crippen molar-refractivity contribution in [3.8, 4) is 11.1 Å². The molecule has 1 saturated heterocycles. The molecule has 156 valence electrons. The van der Waals surface area contributed by atoms with E-state index in [2.05, 4.69) is 10.1 Å². The van der Waals surface area contributed by atoms with Crippen LogP contribution in [-0.2, 0) is 23.0 Å². The van der Waals surface area contributed by atoms with E-state index in [9.17, 15) is 9.18 Å². The first-order chi connectivity index (χ1) is 14.6. The molecule has 1 atom stereocenters. The molecule has 1 fully saturated rings. The molecular formula is C23H25FN4O2. The number of hydrogen-bond donors (Lipinski definition) is 0. The summed E-state index contributed by atoms with van der Waals surface area (Å²) >= 11 is 0. The molecule has 0 bridgehead atoms. The van der Waals surface area contributed by atoms with Gasteiger partial charge in [-0.1, -0.05) is 18.2 Å². The number of morpholine rings is 1. The van der Waals surface area contributed by atoms with Crippen molar-refractivity contribution in [1.29, 1.82) is 0 Å². The average Bonchev–Trinajstić information content (AvgIpc) is 3.21. The maximum Gasteiger partial charge on any atom is 0.222 e. The maximum atomic E-state index is 13.0. The number of nitrogens with zero attached hydrogens (tertiary/aromatic N) is 4. The van der Waals surface area contributed by atoms with Crippen molar-refractivity contribution in [3.05, 3.63) is 72.1 Å². The summed E-state index contributed by atoms with van der Waals surface area (Å²) in [6.45, 7) is 1.61. The van der Waals surface area contributed by atoms with Crippen LogP contribution >= 0.6 is 0 Å². The minimum atomic E-state index is -0.240. The lowest BCUT2D eigenvalue weighted by atomic mass is 10.1. The fourth-order valence-corrected chi connectivity index (χ4v) is 3.64. The Morgan fingerprint density at radius 1 is 1.17 bits per heavy atom. The molecule has 7 heteroatoms. The minimum Gasteiger partial charge on any atom is -0.368 e. The summed E-state index contributed by atoms with van der Waals surface area (Å²) in [6.07, 6.45) is 7.32. The van der Waals surface area contributed by atoms with Gasteiger partial charge in [-0.05, 0) is 36.6 Å². The van der Waals surface area contributed by atoms with Crippen LogP contribution in [0.2, 0.25) is 0 Å². The fourth-order valence-electron chi connectivity index (χ4n) is 3.64. The summed E-state index contributed by atoms with van der Waals surface area (Å²) in [6, 6.07) is 10.4. The van der Waals surface area contributed by atoms with Gasteiger partial charge in [0.1, 0.15) is 11.9 Å². The predicted molar refractivity (Wildman–Crippen MR) is 111 cm³/mol. The SMILES string of the molecule is Cn1cc(-c2ccc([C@H]3CN(C(=O)CCCc4ccc(F)cc4)CCO3)nc2)cn1. The van der Waals surface area contributed by atoms with Crippen molar-refractivity contribution in [2.75, 3.05) is 19.7 Å². The summed E-state index contributed by atoms with van der Waals surface area (Å²) in [4.78, 5) is 19.1. The van der Waals surface area contributed by atoms with E-state index in [1.54, 1.807) is 23.0 Å². The molecule has 1 aromatic carbocycles. The van der Waals surface area contributed by atoms with Gasteiger partial charge in [-0.3, -0.25) is 14.5 Å². The van der Waals surface area contributed by atoms with Gasteiger partial charge in [0, 0.05) is 43.5 Å². The van der Waals surface area contributed by atoms with Crippen molar-refractivity contribution in [2.24, 2.45) is 7.05 Å². The van der Waals surface area contributed by atoms with Gasteiger partial charge in [-0.15, -0.1) is 0 Å². The zero-order valence-corrected chi connectivity index (χ0v) is 17.0. The first-order valence-corrected chi connectivity index (χ1v) is 10.2. The van der Waals surface area contributed by atoms with Crippen molar-refractivity contribution in [2.45, 2.75) is 25.4 Å². The van der Waals surface area contributed by atoms with Crippen LogP contribution in [0.1, 0.15) is 30.2 Å². The number of carbonyl (C=O) groups excluding carboxylic acids is 1. The van der Waals surface area contributed by atoms with E-state index in [0.717, 1.165) is 35.2 Å². The Kier molecular flexibility index (Phi) is 6.18. The second kappa shape index (κ2) is 9.17. The molecule has 0 aliphatic carbocycles. The lowest BCUT2D eigenvalue weighted by Crippen LogP contribution is -2.42. The first kappa shape index (κ1) is 20.2. The van der Waals surface area contributed by atoms with Crippen LogP contribution in [0.4, 0.5) is 4.39 Å². The van der Waals surface area contributed by atoms with E-state index in [1.165, 1.54) is 12.1 Å². The topological polar surface area (TPSA) is 60.2 Å². The molecule has 2 aromatic heterocycles. The Morgan fingerprint density at radius 2 is 2.00 bits per heavy atom. The second-order valence-electron chi connectivity index (χ2n) is 7.55. The first-order valence-electron chi connectivity index (χ1n) is 10.2. The molecule has 4 rings (SSSR count). The van der Waals surface area contributed by atoms with E-state index < -0.39 is 0 Å². The molecule has 0 radical (unpaired) electrons. The number of aromatic nitrogens is 3. The number of hydrogen-bond acceptors (Lipinski definition) is 4. The van der Waals surface area contributed by atoms with Gasteiger partial charge in [-0.2, -0.15) is 5.10 Å². The molecule has 0 unspecified atom stereocenters. The standard InChI is InChI=1S/C23H25FN4O2/c1-27-15-19(14-26-27)18-7-10-21(25-13-18)22-16-28(11-12-30-22)23(29)4-2-3-17-5-8-20(24)9-6-17/h5-10,13-15,22H,2-4,11-12,16H2,1H3/t22-/m1/s1. The molecule has 1 aliphatic heterocycles. The third-order valence-corrected chi connectivity index (χ3v) is 5.34. The molecular weight excluding hydrogens is 383 g/mol. The molecule has 3 aromatic rings. The lowest BCUT2D eigenvalue weighted by molar-refractivity contribution is -0.139. The summed E-state index contributed by atoms with van der Waals surface area (Å²) in [5.74, 6) is -0.117. The normalized spacial score (nSPS) is 16.6. The van der Waals surface area contributed by atoms with Crippen LogP contribution in [-0.4, -0.2) is 45.3 Å². The Balaban J connectivity index is 1.31. The molecule has 0 N–H and O–H groups in total. The second-order valence-corrected chi connectivity index (χ2v) is 7.55. The highest BCUT2D eigenvalue weighted by atomic mass is 19.1. The quantitative estimate of drug-likeness (QED) is 0.626. The number of amides is 1. The van der Waals surface area contributed by atoms with E-state index in [0.29, 0.717) is 26.1 Å². The summed E-state index contributed by atoms with van der Waals surface area (Å²) in [5.41, 5.74) is 3.88. The van der Waals surface area contributed by atoms with Gasteiger partial charge in [0.05, 0.1) is 25.0 Å². The summed E-state index contributed by atoms with van der Waals surface area (Å²) < 4.78 is 20.6. The van der Waals surface area contributed by atoms with Gasteiger partial charge in [0.15, 0.2) is 0 Å². The van der Waals surface area contributed by atoms with E-state index in [-0.39, 0.29) is 17.8 Å². The number of ether oxygens (including phenoxy) is 1. The van der Waals surface area contributed by atoms with Crippen molar-refractivity contribution in [3.63, 3.8) is 0 Å². The zero-order chi connectivity index (χ0) is 20.9. The molecule has 0 saturated carbocycles. The third kappa shape index (κ3) is 4.91. The summed E-state index contributed by atoms with van der Waals surface area (Å²) in [7, 11) is 1.88. The van der Waals surface area contributed by atoms with Gasteiger partial charge in [0.2, 0.25) is 5.91 Å². The number of halogens is 1. The van der Waals surface area contributed by atoms with Gasteiger partial charge < -0.3 is 9.64 Å². The van der Waals surface area contributed by atoms with Crippen molar-refractivity contribution in [1.82, 2.24) is 19.7 Å². The predicted octanol–water partition coefficient (Wildman–Crippen LogP) is 3.54. The molecule has 3 heterocycles. The van der Waals surface area contributed by atoms with Crippen LogP contribution in [0.15, 0.2) is 55.0 Å². The number of pyridine rings is 1. The molecule has 1 amide bonds. The van der Waals surface area contributed by atoms with Gasteiger partial charge in [0.25, 0.3) is 0 Å². The van der Waals surface area contributed by atoms with E-state index in [1.807, 2.05) is 36.5 Å². The molecule has 30 heavy (non-hydrogen) atoms. The van der Waals surface area contributed by atoms with Crippen molar-refractivity contribution < 1.29 is 13.9 Å². The highest BCUT2D eigenvalue weighted by molar-refractivity contribution is 5.76. The summed E-state index contributed by atoms with van der Waals surface area (Å²) in [5, 5.41) is 4.19. The van der Waals surface area contributed by atoms with Crippen LogP contribution in [0, 0.1) is 5.82 Å². The van der Waals surface area contributed by atoms with E-state index in [4.69, 9.17) is 4.74 Å². The van der Waals surface area contributed by atoms with Crippen LogP contribution in [0.5, 0.6) is 0 Å². The van der Waals surface area contributed by atoms with Gasteiger partial charge >= 0.3 is 0 Å². The smallest absolute Gasteiger partial charge is 0.222 e. The van der Waals surface area contributed by atoms with Crippen LogP contribution in [0.3, 0.4) is 0 Å². The highest BCUT2D eigenvalue weighted by Crippen LogP contribution is 2.24. The molecule has 0 spiro atoms. The minimum absolute atomic E-state index is 0.123. The largest absolute Gasteiger partial charge is 0.368 e. The monoisotopic (exact) mass is 408 g/mol. The van der Waals surface area contributed by atoms with Crippen molar-refractivity contribution >= 4 is 5.91 Å². The molecule has 6 nitrogen and oxygen atoms in total. The number of benzene rings is 1. The Morgan fingerprint density at radius 3 is 2.70 bits per heavy atom. The Labute approximate surface area is 175 Å². The Bertz CT molecular complexity index is 985. The van der Waals surface area contributed by atoms with Crippen LogP contribution < -0.4 is 0 Å². The average molecular weight is 408 g/mol. The fraction of sp³-hybridized carbons (Fsp3) is 0.348. The number of carbonyl (C=O) groups is 1. The third-order valence-electron chi connectivity index (χ3n) is 5.34. The Hall–Kier alpha value is -3.06. The number of aryl methyl sites for hydroxylation is 2. The highest BCUT2D eigenvalue weighted by Gasteiger charge is 2.26. The van der Waals surface area contributed by atoms with Gasteiger partial charge in [-0.25, -0.2) is 4.39 Å². The maximum absolute atomic E-state index is 13.0. The number of rotatable bonds is 6. The zero-order valence-electron chi connectivity index (χ0n) is 17.0. The van der Waals surface area contributed by atoms with E-state index >= 15 is 0 Å².